The molecule has 6 amide bonds. The van der Waals surface area contributed by atoms with Crippen LogP contribution in [-0.2, 0) is 20.0 Å². The Bertz CT molecular complexity index is 2770. The SMILES string of the molecule is C=CCOc1c(C(=O)Nc2ccc(C)cc2)ccc(NC(=O)C2=CC=C(NC(=O)/C(=C\C(N)=O)NC(=O)c3ccc(NC(=O)c4ccc(C5(C(F)(F)F)N=N5)cc4)cc3)C=CC2)c1OC(C)C. The van der Waals surface area contributed by atoms with Crippen LogP contribution in [0.2, 0.25) is 0 Å². The van der Waals surface area contributed by atoms with Crippen LogP contribution in [0, 0.1) is 6.92 Å². The molecular weight excluding hydrogens is 874 g/mol. The van der Waals surface area contributed by atoms with Gasteiger partial charge in [0.15, 0.2) is 11.5 Å². The molecule has 7 N–H and O–H groups in total. The summed E-state index contributed by atoms with van der Waals surface area (Å²) in [7, 11) is 0. The van der Waals surface area contributed by atoms with E-state index in [1.165, 1.54) is 72.8 Å². The number of rotatable bonds is 17. The number of nitrogens with two attached hydrogens (primary N) is 1. The molecule has 67 heavy (non-hydrogen) atoms. The fourth-order valence-corrected chi connectivity index (χ4v) is 6.29. The Balaban J connectivity index is 1.10. The fourth-order valence-electron chi connectivity index (χ4n) is 6.29. The summed E-state index contributed by atoms with van der Waals surface area (Å²) in [4.78, 5) is 78.5. The topological polar surface area (TPSA) is 232 Å². The standard InChI is InChI=1S/C48H43F3N8O8/c1-5-25-66-40-36(45(64)54-34-18-9-28(4)10-19-34)23-24-37(41(40)67-27(2)3)56-43(62)29-7-6-8-33(20-13-29)55-46(65)38(26-39(52)60)57-44(63)31-14-21-35(22-15-31)53-42(61)30-11-16-32(17-12-30)47(58-59-47)48(49,50)51/h5-6,8-24,26-27H,1,7,25H2,2-4H3,(H2,52,60)(H,53,61)(H,54,64)(H,55,65)(H,56,62)(H,57,63)/b38-26+. The molecule has 0 radical (unpaired) electrons. The first-order valence-corrected chi connectivity index (χ1v) is 20.4. The highest BCUT2D eigenvalue weighted by molar-refractivity contribution is 6.10. The summed E-state index contributed by atoms with van der Waals surface area (Å²) in [5.74, 6) is -4.27. The molecule has 1 aliphatic heterocycles. The second-order valence-corrected chi connectivity index (χ2v) is 15.1. The predicted molar refractivity (Wildman–Crippen MR) is 242 cm³/mol. The first-order valence-electron chi connectivity index (χ1n) is 20.4. The number of amides is 6. The van der Waals surface area contributed by atoms with E-state index in [0.717, 1.165) is 17.7 Å². The number of nitrogens with one attached hydrogen (secondary N) is 5. The predicted octanol–water partition coefficient (Wildman–Crippen LogP) is 7.66. The minimum Gasteiger partial charge on any atom is -0.485 e. The summed E-state index contributed by atoms with van der Waals surface area (Å²) in [5, 5.41) is 19.4. The third-order valence-electron chi connectivity index (χ3n) is 9.69. The quantitative estimate of drug-likeness (QED) is 0.0454. The minimum absolute atomic E-state index is 0.00793. The van der Waals surface area contributed by atoms with Gasteiger partial charge in [0.05, 0.1) is 17.4 Å². The monoisotopic (exact) mass is 916 g/mol. The molecule has 344 valence electrons. The number of benzene rings is 4. The van der Waals surface area contributed by atoms with Crippen molar-refractivity contribution in [3.63, 3.8) is 0 Å². The molecule has 1 aliphatic carbocycles. The van der Waals surface area contributed by atoms with Gasteiger partial charge < -0.3 is 41.8 Å². The summed E-state index contributed by atoms with van der Waals surface area (Å²) in [5.41, 5.74) is 4.62. The highest BCUT2D eigenvalue weighted by Gasteiger charge is 2.65. The average molecular weight is 917 g/mol. The van der Waals surface area contributed by atoms with Crippen molar-refractivity contribution in [3.05, 3.63) is 173 Å². The zero-order valence-corrected chi connectivity index (χ0v) is 36.1. The van der Waals surface area contributed by atoms with Gasteiger partial charge in [-0.15, -0.1) is 10.2 Å². The molecule has 0 spiro atoms. The number of aryl methyl sites for hydroxylation is 1. The lowest BCUT2D eigenvalue weighted by Crippen LogP contribution is -2.35. The lowest BCUT2D eigenvalue weighted by atomic mass is 10.0. The van der Waals surface area contributed by atoms with Crippen molar-refractivity contribution in [3.8, 4) is 11.5 Å². The number of anilines is 3. The number of halogens is 3. The van der Waals surface area contributed by atoms with E-state index in [9.17, 15) is 41.9 Å². The van der Waals surface area contributed by atoms with Gasteiger partial charge in [-0.3, -0.25) is 28.8 Å². The number of ether oxygens (including phenoxy) is 2. The summed E-state index contributed by atoms with van der Waals surface area (Å²) in [6.45, 7) is 9.20. The van der Waals surface area contributed by atoms with Gasteiger partial charge in [-0.1, -0.05) is 54.6 Å². The maximum atomic E-state index is 13.7. The van der Waals surface area contributed by atoms with E-state index in [1.54, 1.807) is 32.1 Å². The van der Waals surface area contributed by atoms with Crippen LogP contribution in [0.5, 0.6) is 11.5 Å². The smallest absolute Gasteiger partial charge is 0.442 e. The molecule has 1 heterocycles. The molecule has 0 atom stereocenters. The van der Waals surface area contributed by atoms with Crippen LogP contribution in [0.25, 0.3) is 0 Å². The van der Waals surface area contributed by atoms with Crippen LogP contribution in [0.4, 0.5) is 30.2 Å². The summed E-state index contributed by atoms with van der Waals surface area (Å²) < 4.78 is 52.0. The van der Waals surface area contributed by atoms with Crippen molar-refractivity contribution in [1.29, 1.82) is 0 Å². The number of alkyl halides is 3. The van der Waals surface area contributed by atoms with E-state index in [0.29, 0.717) is 11.8 Å². The number of carbonyl (C=O) groups is 6. The zero-order valence-electron chi connectivity index (χ0n) is 36.1. The van der Waals surface area contributed by atoms with E-state index in [2.05, 4.69) is 43.4 Å². The lowest BCUT2D eigenvalue weighted by molar-refractivity contribution is -0.166. The second kappa shape index (κ2) is 20.5. The summed E-state index contributed by atoms with van der Waals surface area (Å²) in [6.07, 6.45) is 3.21. The Morgan fingerprint density at radius 1 is 0.776 bits per heavy atom. The van der Waals surface area contributed by atoms with Gasteiger partial charge in [0.2, 0.25) is 5.91 Å². The summed E-state index contributed by atoms with van der Waals surface area (Å²) in [6, 6.07) is 20.2. The van der Waals surface area contributed by atoms with Gasteiger partial charge in [-0.2, -0.15) is 13.2 Å². The Morgan fingerprint density at radius 2 is 1.39 bits per heavy atom. The van der Waals surface area contributed by atoms with E-state index < -0.39 is 59.1 Å². The lowest BCUT2D eigenvalue weighted by Gasteiger charge is -2.21. The maximum Gasteiger partial charge on any atom is 0.442 e. The van der Waals surface area contributed by atoms with Crippen molar-refractivity contribution in [2.75, 3.05) is 22.6 Å². The van der Waals surface area contributed by atoms with Crippen molar-refractivity contribution in [1.82, 2.24) is 10.6 Å². The van der Waals surface area contributed by atoms with E-state index in [1.807, 2.05) is 19.1 Å². The Kier molecular flexibility index (Phi) is 14.6. The van der Waals surface area contributed by atoms with Gasteiger partial charge in [0.25, 0.3) is 29.5 Å². The number of allylic oxidation sites excluding steroid dienone is 4. The van der Waals surface area contributed by atoms with E-state index in [4.69, 9.17) is 15.2 Å². The molecule has 0 saturated carbocycles. The minimum atomic E-state index is -4.72. The van der Waals surface area contributed by atoms with Crippen LogP contribution >= 0.6 is 0 Å². The van der Waals surface area contributed by atoms with Crippen LogP contribution in [0.15, 0.2) is 155 Å². The van der Waals surface area contributed by atoms with Crippen molar-refractivity contribution in [2.24, 2.45) is 16.0 Å². The number of primary amides is 1. The van der Waals surface area contributed by atoms with Gasteiger partial charge in [-0.25, -0.2) is 0 Å². The number of carbonyl (C=O) groups excluding carboxylic acids is 6. The van der Waals surface area contributed by atoms with Gasteiger partial charge >= 0.3 is 11.8 Å². The number of nitrogens with zero attached hydrogens (tertiary/aromatic N) is 2. The molecule has 2 aliphatic rings. The highest BCUT2D eigenvalue weighted by atomic mass is 19.4. The van der Waals surface area contributed by atoms with Crippen LogP contribution in [0.1, 0.15) is 62.5 Å². The van der Waals surface area contributed by atoms with Crippen molar-refractivity contribution < 1.29 is 51.4 Å². The van der Waals surface area contributed by atoms with Gasteiger partial charge in [-0.05, 0) is 100 Å². The summed E-state index contributed by atoms with van der Waals surface area (Å²) >= 11 is 0. The normalized spacial score (nSPS) is 13.8. The maximum absolute atomic E-state index is 13.7. The third-order valence-corrected chi connectivity index (χ3v) is 9.69. The Labute approximate surface area is 381 Å². The largest absolute Gasteiger partial charge is 0.485 e. The van der Waals surface area contributed by atoms with Crippen LogP contribution in [-0.4, -0.2) is 54.3 Å². The fraction of sp³-hybridized carbons (Fsp3) is 0.167. The first-order chi connectivity index (χ1) is 31.9. The van der Waals surface area contributed by atoms with E-state index in [-0.39, 0.29) is 69.4 Å². The Morgan fingerprint density at radius 3 is 1.99 bits per heavy atom. The van der Waals surface area contributed by atoms with Crippen LogP contribution in [0.3, 0.4) is 0 Å². The molecule has 0 unspecified atom stereocenters. The number of hydrogen-bond donors (Lipinski definition) is 6. The van der Waals surface area contributed by atoms with E-state index >= 15 is 0 Å². The molecule has 0 bridgehead atoms. The molecule has 16 nitrogen and oxygen atoms in total. The second-order valence-electron chi connectivity index (χ2n) is 15.1. The molecule has 4 aromatic carbocycles. The molecule has 6 rings (SSSR count). The highest BCUT2D eigenvalue weighted by Crippen LogP contribution is 2.52. The first kappa shape index (κ1) is 47.9. The molecule has 0 saturated heterocycles. The van der Waals surface area contributed by atoms with Crippen LogP contribution < -0.4 is 41.8 Å². The number of hydrogen-bond acceptors (Lipinski definition) is 10. The molecule has 0 aromatic heterocycles. The average Bonchev–Trinajstić information content (AvgIpc) is 4.13. The van der Waals surface area contributed by atoms with Gasteiger partial charge in [0, 0.05) is 45.4 Å². The third kappa shape index (κ3) is 11.9. The van der Waals surface area contributed by atoms with Gasteiger partial charge in [0.1, 0.15) is 12.3 Å². The molecular formula is C48H43F3N8O8. The van der Waals surface area contributed by atoms with Crippen molar-refractivity contribution >= 4 is 52.5 Å². The molecule has 0 fully saturated rings. The Hall–Kier alpha value is -8.61. The zero-order chi connectivity index (χ0) is 48.5. The molecule has 19 heteroatoms. The molecule has 4 aromatic rings. The van der Waals surface area contributed by atoms with Crippen molar-refractivity contribution in [2.45, 2.75) is 45.1 Å².